The zero-order valence-corrected chi connectivity index (χ0v) is 10.0. The topological polar surface area (TPSA) is 136 Å². The number of primary amides is 1. The summed E-state index contributed by atoms with van der Waals surface area (Å²) in [6, 6.07) is -2.44. The maximum Gasteiger partial charge on any atom is 0.332 e. The van der Waals surface area contributed by atoms with Gasteiger partial charge in [0.2, 0.25) is 5.91 Å². The predicted molar refractivity (Wildman–Crippen MR) is 59.9 cm³/mol. The molecule has 102 valence electrons. The van der Waals surface area contributed by atoms with Crippen molar-refractivity contribution in [1.82, 2.24) is 4.90 Å². The van der Waals surface area contributed by atoms with Crippen LogP contribution < -0.4 is 11.5 Å². The van der Waals surface area contributed by atoms with Gasteiger partial charge in [-0.25, -0.2) is 4.79 Å². The second-order valence-electron chi connectivity index (χ2n) is 4.03. The van der Waals surface area contributed by atoms with Crippen molar-refractivity contribution >= 4 is 17.8 Å². The Kier molecular flexibility index (Phi) is 4.62. The Morgan fingerprint density at radius 2 is 2.11 bits per heavy atom. The first-order valence-corrected chi connectivity index (χ1v) is 5.58. The van der Waals surface area contributed by atoms with Gasteiger partial charge in [-0.3, -0.25) is 9.59 Å². The van der Waals surface area contributed by atoms with Crippen LogP contribution in [0.15, 0.2) is 0 Å². The van der Waals surface area contributed by atoms with Crippen molar-refractivity contribution in [3.8, 4) is 0 Å². The van der Waals surface area contributed by atoms with E-state index in [-0.39, 0.29) is 19.6 Å². The molecular weight excluding hydrogens is 242 g/mol. The zero-order valence-electron chi connectivity index (χ0n) is 10.0. The molecule has 0 aromatic rings. The lowest BCUT2D eigenvalue weighted by Gasteiger charge is -2.24. The first kappa shape index (κ1) is 14.4. The molecule has 1 fully saturated rings. The number of aliphatic hydroxyl groups excluding tert-OH is 1. The fourth-order valence-corrected chi connectivity index (χ4v) is 1.84. The molecule has 8 nitrogen and oxygen atoms in total. The van der Waals surface area contributed by atoms with Crippen molar-refractivity contribution in [2.75, 3.05) is 13.2 Å². The highest BCUT2D eigenvalue weighted by molar-refractivity contribution is 6.03. The quantitative estimate of drug-likeness (QED) is 0.372. The third kappa shape index (κ3) is 2.96. The number of carbonyl (C=O) groups is 3. The van der Waals surface area contributed by atoms with Gasteiger partial charge in [-0.15, -0.1) is 0 Å². The van der Waals surface area contributed by atoms with Gasteiger partial charge >= 0.3 is 5.97 Å². The first-order chi connectivity index (χ1) is 8.38. The van der Waals surface area contributed by atoms with E-state index in [1.54, 1.807) is 6.92 Å². The average Bonchev–Trinajstić information content (AvgIpc) is 2.69. The third-order valence-electron chi connectivity index (χ3n) is 2.70. The SMILES string of the molecule is CCOC(=O)C(N)C(=O)N1CC(O)CC1C(N)=O. The number of rotatable bonds is 4. The van der Waals surface area contributed by atoms with Crippen molar-refractivity contribution in [2.24, 2.45) is 11.5 Å². The lowest BCUT2D eigenvalue weighted by Crippen LogP contribution is -2.53. The highest BCUT2D eigenvalue weighted by atomic mass is 16.5. The third-order valence-corrected chi connectivity index (χ3v) is 2.70. The molecule has 2 amide bonds. The molecule has 0 spiro atoms. The molecule has 18 heavy (non-hydrogen) atoms. The molecule has 1 saturated heterocycles. The van der Waals surface area contributed by atoms with Crippen molar-refractivity contribution in [2.45, 2.75) is 31.5 Å². The number of ether oxygens (including phenoxy) is 1. The Morgan fingerprint density at radius 1 is 1.50 bits per heavy atom. The fraction of sp³-hybridized carbons (Fsp3) is 0.700. The standard InChI is InChI=1S/C10H17N3O5/c1-2-18-10(17)7(11)9(16)13-4-5(14)3-6(13)8(12)15/h5-7,14H,2-4,11H2,1H3,(H2,12,15). The molecule has 1 rings (SSSR count). The second-order valence-corrected chi connectivity index (χ2v) is 4.03. The van der Waals surface area contributed by atoms with Crippen LogP contribution in [0.1, 0.15) is 13.3 Å². The summed E-state index contributed by atoms with van der Waals surface area (Å²) in [4.78, 5) is 35.4. The smallest absolute Gasteiger partial charge is 0.332 e. The maximum absolute atomic E-state index is 11.9. The Hall–Kier alpha value is -1.67. The molecule has 1 heterocycles. The van der Waals surface area contributed by atoms with Crippen LogP contribution >= 0.6 is 0 Å². The average molecular weight is 259 g/mol. The van der Waals surface area contributed by atoms with Gasteiger partial charge in [-0.1, -0.05) is 0 Å². The Morgan fingerprint density at radius 3 is 2.61 bits per heavy atom. The van der Waals surface area contributed by atoms with Crippen molar-refractivity contribution < 1.29 is 24.2 Å². The highest BCUT2D eigenvalue weighted by Crippen LogP contribution is 2.18. The van der Waals surface area contributed by atoms with E-state index in [1.165, 1.54) is 0 Å². The molecule has 0 aliphatic carbocycles. The molecule has 0 radical (unpaired) electrons. The number of amides is 2. The summed E-state index contributed by atoms with van der Waals surface area (Å²) < 4.78 is 4.62. The number of carbonyl (C=O) groups excluding carboxylic acids is 3. The largest absolute Gasteiger partial charge is 0.464 e. The lowest BCUT2D eigenvalue weighted by atomic mass is 10.2. The molecule has 8 heteroatoms. The van der Waals surface area contributed by atoms with Gasteiger partial charge in [0, 0.05) is 13.0 Å². The van der Waals surface area contributed by atoms with Crippen molar-refractivity contribution in [1.29, 1.82) is 0 Å². The van der Waals surface area contributed by atoms with Crippen LogP contribution in [0.2, 0.25) is 0 Å². The van der Waals surface area contributed by atoms with Crippen LogP contribution in [-0.2, 0) is 19.1 Å². The molecule has 3 unspecified atom stereocenters. The zero-order chi connectivity index (χ0) is 13.9. The van der Waals surface area contributed by atoms with Gasteiger partial charge in [0.15, 0.2) is 6.04 Å². The molecule has 1 aliphatic heterocycles. The van der Waals surface area contributed by atoms with Gasteiger partial charge in [0.05, 0.1) is 12.7 Å². The number of esters is 1. The van der Waals surface area contributed by atoms with Crippen LogP contribution in [0.3, 0.4) is 0 Å². The molecule has 1 aliphatic rings. The first-order valence-electron chi connectivity index (χ1n) is 5.58. The summed E-state index contributed by atoms with van der Waals surface area (Å²) >= 11 is 0. The summed E-state index contributed by atoms with van der Waals surface area (Å²) in [7, 11) is 0. The summed E-state index contributed by atoms with van der Waals surface area (Å²) in [6.07, 6.45) is -0.794. The number of hydrogen-bond acceptors (Lipinski definition) is 6. The van der Waals surface area contributed by atoms with E-state index in [0.717, 1.165) is 4.90 Å². The summed E-state index contributed by atoms with van der Waals surface area (Å²) in [5, 5.41) is 9.43. The fourth-order valence-electron chi connectivity index (χ4n) is 1.84. The minimum atomic E-state index is -1.50. The summed E-state index contributed by atoms with van der Waals surface area (Å²) in [6.45, 7) is 1.61. The normalized spacial score (nSPS) is 24.7. The van der Waals surface area contributed by atoms with E-state index in [2.05, 4.69) is 4.74 Å². The molecule has 5 N–H and O–H groups in total. The van der Waals surface area contributed by atoms with Crippen LogP contribution in [0.25, 0.3) is 0 Å². The molecular formula is C10H17N3O5. The lowest BCUT2D eigenvalue weighted by molar-refractivity contribution is -0.152. The molecule has 0 saturated carbocycles. The highest BCUT2D eigenvalue weighted by Gasteiger charge is 2.41. The number of aliphatic hydroxyl groups is 1. The Labute approximate surface area is 104 Å². The molecule has 0 bridgehead atoms. The number of likely N-dealkylation sites (tertiary alicyclic amines) is 1. The summed E-state index contributed by atoms with van der Waals surface area (Å²) in [5.74, 6) is -2.38. The van der Waals surface area contributed by atoms with Gasteiger partial charge < -0.3 is 26.2 Å². The van der Waals surface area contributed by atoms with Crippen LogP contribution in [0.4, 0.5) is 0 Å². The maximum atomic E-state index is 11.9. The van der Waals surface area contributed by atoms with Gasteiger partial charge in [0.1, 0.15) is 6.04 Å². The molecule has 0 aromatic heterocycles. The monoisotopic (exact) mass is 259 g/mol. The van der Waals surface area contributed by atoms with Crippen LogP contribution in [0, 0.1) is 0 Å². The van der Waals surface area contributed by atoms with Gasteiger partial charge in [-0.2, -0.15) is 0 Å². The number of β-amino-alcohol motifs (C(OH)–C–C–N with tert-alkyl or cyclic N) is 1. The van der Waals surface area contributed by atoms with Crippen molar-refractivity contribution in [3.63, 3.8) is 0 Å². The molecule has 0 aromatic carbocycles. The number of nitrogens with two attached hydrogens (primary N) is 2. The second kappa shape index (κ2) is 5.78. The van der Waals surface area contributed by atoms with E-state index in [1.807, 2.05) is 0 Å². The van der Waals surface area contributed by atoms with Crippen LogP contribution in [0.5, 0.6) is 0 Å². The minimum absolute atomic E-state index is 0.0522. The predicted octanol–water partition coefficient (Wildman–Crippen LogP) is -2.68. The van der Waals surface area contributed by atoms with Gasteiger partial charge in [0.25, 0.3) is 5.91 Å². The Balaban J connectivity index is 2.76. The van der Waals surface area contributed by atoms with Gasteiger partial charge in [-0.05, 0) is 6.92 Å². The number of hydrogen-bond donors (Lipinski definition) is 3. The van der Waals surface area contributed by atoms with E-state index in [4.69, 9.17) is 11.5 Å². The molecule has 3 atom stereocenters. The van der Waals surface area contributed by atoms with E-state index in [0.29, 0.717) is 0 Å². The summed E-state index contributed by atoms with van der Waals surface area (Å²) in [5.41, 5.74) is 10.6. The number of nitrogens with zero attached hydrogens (tertiary/aromatic N) is 1. The van der Waals surface area contributed by atoms with Crippen molar-refractivity contribution in [3.05, 3.63) is 0 Å². The minimum Gasteiger partial charge on any atom is -0.464 e. The van der Waals surface area contributed by atoms with E-state index < -0.39 is 36.0 Å². The Bertz CT molecular complexity index is 359. The van der Waals surface area contributed by atoms with E-state index in [9.17, 15) is 19.5 Å². The van der Waals surface area contributed by atoms with E-state index >= 15 is 0 Å². The van der Waals surface area contributed by atoms with Crippen LogP contribution in [-0.4, -0.2) is 59.1 Å².